The van der Waals surface area contributed by atoms with Crippen molar-refractivity contribution < 1.29 is 23.0 Å². The van der Waals surface area contributed by atoms with Crippen LogP contribution in [-0.4, -0.2) is 79.4 Å². The predicted molar refractivity (Wildman–Crippen MR) is 114 cm³/mol. The largest absolute Gasteiger partial charge is 0.491 e. The molecule has 1 aromatic carbocycles. The normalized spacial score (nSPS) is 21.5. The van der Waals surface area contributed by atoms with Crippen molar-refractivity contribution in [1.82, 2.24) is 15.1 Å². The highest BCUT2D eigenvalue weighted by atomic mass is 19.4. The maximum absolute atomic E-state index is 12.6. The molecule has 6 nitrogen and oxygen atoms in total. The molecule has 0 spiro atoms. The number of ether oxygens (including phenoxy) is 1. The molecule has 1 aromatic rings. The van der Waals surface area contributed by atoms with E-state index in [0.717, 1.165) is 50.7 Å². The van der Waals surface area contributed by atoms with Crippen LogP contribution in [0, 0.1) is 5.92 Å². The third-order valence-corrected chi connectivity index (χ3v) is 5.71. The number of aliphatic imine (C=N–C) groups is 1. The van der Waals surface area contributed by atoms with Gasteiger partial charge in [0, 0.05) is 26.2 Å². The second kappa shape index (κ2) is 11.0. The molecule has 9 heteroatoms. The van der Waals surface area contributed by atoms with Gasteiger partial charge in [-0.2, -0.15) is 13.2 Å². The van der Waals surface area contributed by atoms with Crippen molar-refractivity contribution >= 4 is 5.96 Å². The van der Waals surface area contributed by atoms with Gasteiger partial charge in [0.05, 0.1) is 12.1 Å². The van der Waals surface area contributed by atoms with Gasteiger partial charge in [-0.3, -0.25) is 4.99 Å². The van der Waals surface area contributed by atoms with E-state index in [2.05, 4.69) is 20.1 Å². The fourth-order valence-corrected chi connectivity index (χ4v) is 4.11. The van der Waals surface area contributed by atoms with Crippen molar-refractivity contribution in [1.29, 1.82) is 0 Å². The number of hydrogen-bond donors (Lipinski definition) is 2. The lowest BCUT2D eigenvalue weighted by Gasteiger charge is -2.23. The molecule has 2 atom stereocenters. The monoisotopic (exact) mass is 442 g/mol. The molecule has 174 valence electrons. The van der Waals surface area contributed by atoms with E-state index < -0.39 is 17.8 Å². The van der Waals surface area contributed by atoms with E-state index in [-0.39, 0.29) is 18.9 Å². The zero-order chi connectivity index (χ0) is 22.3. The van der Waals surface area contributed by atoms with Crippen molar-refractivity contribution in [2.75, 3.05) is 52.4 Å². The molecular weight excluding hydrogens is 409 g/mol. The molecule has 3 rings (SSSR count). The summed E-state index contributed by atoms with van der Waals surface area (Å²) in [6, 6.07) is 4.45. The van der Waals surface area contributed by atoms with Crippen LogP contribution in [0.25, 0.3) is 0 Å². The molecule has 0 aliphatic carbocycles. The van der Waals surface area contributed by atoms with E-state index in [0.29, 0.717) is 5.92 Å². The van der Waals surface area contributed by atoms with E-state index in [1.54, 1.807) is 0 Å². The number of benzene rings is 1. The molecule has 0 aromatic heterocycles. The predicted octanol–water partition coefficient (Wildman–Crippen LogP) is 2.83. The Labute approximate surface area is 182 Å². The molecule has 2 saturated heterocycles. The standard InChI is InChI=1S/C22H33F3N4O2/c1-2-26-21(29-12-9-17(15-29)14-28-10-3-4-11-28)27-13-19(30)16-31-20-7-5-18(6-8-20)22(23,24)25/h5-8,17,19,30H,2-4,9-16H2,1H3,(H,26,27). The minimum Gasteiger partial charge on any atom is -0.491 e. The third kappa shape index (κ3) is 7.28. The molecule has 31 heavy (non-hydrogen) atoms. The fourth-order valence-electron chi connectivity index (χ4n) is 4.11. The zero-order valence-corrected chi connectivity index (χ0v) is 18.1. The Morgan fingerprint density at radius 3 is 2.58 bits per heavy atom. The minimum absolute atomic E-state index is 0.0359. The Balaban J connectivity index is 1.46. The summed E-state index contributed by atoms with van der Waals surface area (Å²) in [6.07, 6.45) is -1.49. The number of guanidine groups is 1. The second-order valence-corrected chi connectivity index (χ2v) is 8.29. The first kappa shape index (κ1) is 23.7. The van der Waals surface area contributed by atoms with E-state index in [1.165, 1.54) is 38.1 Å². The van der Waals surface area contributed by atoms with Crippen LogP contribution in [0.5, 0.6) is 5.75 Å². The second-order valence-electron chi connectivity index (χ2n) is 8.29. The number of aliphatic hydroxyl groups is 1. The van der Waals surface area contributed by atoms with Crippen LogP contribution in [0.3, 0.4) is 0 Å². The van der Waals surface area contributed by atoms with E-state index >= 15 is 0 Å². The van der Waals surface area contributed by atoms with Gasteiger partial charge in [-0.05, 0) is 69.5 Å². The number of nitrogens with zero attached hydrogens (tertiary/aromatic N) is 3. The highest BCUT2D eigenvalue weighted by molar-refractivity contribution is 5.80. The summed E-state index contributed by atoms with van der Waals surface area (Å²) < 4.78 is 43.3. The van der Waals surface area contributed by atoms with Gasteiger partial charge in [0.15, 0.2) is 5.96 Å². The van der Waals surface area contributed by atoms with Crippen LogP contribution in [0.1, 0.15) is 31.7 Å². The smallest absolute Gasteiger partial charge is 0.416 e. The molecular formula is C22H33F3N4O2. The summed E-state index contributed by atoms with van der Waals surface area (Å²) in [4.78, 5) is 9.35. The highest BCUT2D eigenvalue weighted by Crippen LogP contribution is 2.30. The summed E-state index contributed by atoms with van der Waals surface area (Å²) in [5, 5.41) is 13.5. The summed E-state index contributed by atoms with van der Waals surface area (Å²) >= 11 is 0. The topological polar surface area (TPSA) is 60.3 Å². The van der Waals surface area contributed by atoms with E-state index in [9.17, 15) is 18.3 Å². The number of aliphatic hydroxyl groups excluding tert-OH is 1. The van der Waals surface area contributed by atoms with Gasteiger partial charge in [0.2, 0.25) is 0 Å². The molecule has 2 N–H and O–H groups in total. The number of halogens is 3. The average Bonchev–Trinajstić information content (AvgIpc) is 3.42. The van der Waals surface area contributed by atoms with Gasteiger partial charge in [-0.1, -0.05) is 0 Å². The Bertz CT molecular complexity index is 706. The summed E-state index contributed by atoms with van der Waals surface area (Å²) in [5.74, 6) is 1.71. The molecule has 2 aliphatic heterocycles. The van der Waals surface area contributed by atoms with Crippen molar-refractivity contribution in [3.63, 3.8) is 0 Å². The molecule has 0 bridgehead atoms. The number of likely N-dealkylation sites (tertiary alicyclic amines) is 2. The van der Waals surface area contributed by atoms with Gasteiger partial charge in [-0.25, -0.2) is 0 Å². The number of alkyl halides is 3. The molecule has 2 aliphatic rings. The average molecular weight is 443 g/mol. The van der Waals surface area contributed by atoms with Crippen LogP contribution >= 0.6 is 0 Å². The van der Waals surface area contributed by atoms with Crippen LogP contribution in [-0.2, 0) is 6.18 Å². The zero-order valence-electron chi connectivity index (χ0n) is 18.1. The minimum atomic E-state index is -4.38. The van der Waals surface area contributed by atoms with Crippen LogP contribution < -0.4 is 10.1 Å². The summed E-state index contributed by atoms with van der Waals surface area (Å²) in [5.41, 5.74) is -0.728. The SMILES string of the molecule is CCNC(=NCC(O)COc1ccc(C(F)(F)F)cc1)N1CCC(CN2CCCC2)C1. The van der Waals surface area contributed by atoms with Crippen LogP contribution in [0.2, 0.25) is 0 Å². The molecule has 0 radical (unpaired) electrons. The number of hydrogen-bond acceptors (Lipinski definition) is 4. The Morgan fingerprint density at radius 1 is 1.23 bits per heavy atom. The Kier molecular flexibility index (Phi) is 8.43. The fraction of sp³-hybridized carbons (Fsp3) is 0.682. The van der Waals surface area contributed by atoms with Gasteiger partial charge in [-0.15, -0.1) is 0 Å². The lowest BCUT2D eigenvalue weighted by atomic mass is 10.1. The van der Waals surface area contributed by atoms with Crippen LogP contribution in [0.15, 0.2) is 29.3 Å². The van der Waals surface area contributed by atoms with Gasteiger partial charge >= 0.3 is 6.18 Å². The Morgan fingerprint density at radius 2 is 1.94 bits per heavy atom. The third-order valence-electron chi connectivity index (χ3n) is 5.71. The van der Waals surface area contributed by atoms with Crippen molar-refractivity contribution in [2.45, 2.75) is 38.5 Å². The van der Waals surface area contributed by atoms with E-state index in [1.807, 2.05) is 6.92 Å². The van der Waals surface area contributed by atoms with Crippen LogP contribution in [0.4, 0.5) is 13.2 Å². The molecule has 0 saturated carbocycles. The highest BCUT2D eigenvalue weighted by Gasteiger charge is 2.30. The number of nitrogens with one attached hydrogen (secondary N) is 1. The summed E-state index contributed by atoms with van der Waals surface area (Å²) in [6.45, 7) is 8.33. The van der Waals surface area contributed by atoms with Crippen molar-refractivity contribution in [3.05, 3.63) is 29.8 Å². The Hall–Kier alpha value is -2.00. The lowest BCUT2D eigenvalue weighted by molar-refractivity contribution is -0.137. The first-order valence-electron chi connectivity index (χ1n) is 11.1. The lowest BCUT2D eigenvalue weighted by Crippen LogP contribution is -2.41. The molecule has 2 unspecified atom stereocenters. The molecule has 2 fully saturated rings. The van der Waals surface area contributed by atoms with E-state index in [4.69, 9.17) is 4.74 Å². The van der Waals surface area contributed by atoms with Crippen molar-refractivity contribution in [2.24, 2.45) is 10.9 Å². The maximum Gasteiger partial charge on any atom is 0.416 e. The number of rotatable bonds is 8. The van der Waals surface area contributed by atoms with Gasteiger partial charge in [0.1, 0.15) is 18.5 Å². The first-order chi connectivity index (χ1) is 14.8. The quantitative estimate of drug-likeness (QED) is 0.479. The molecule has 2 heterocycles. The first-order valence-corrected chi connectivity index (χ1v) is 11.1. The maximum atomic E-state index is 12.6. The van der Waals surface area contributed by atoms with Crippen molar-refractivity contribution in [3.8, 4) is 5.75 Å². The summed E-state index contributed by atoms with van der Waals surface area (Å²) in [7, 11) is 0. The molecule has 0 amide bonds. The van der Waals surface area contributed by atoms with Gasteiger partial charge < -0.3 is 25.0 Å². The van der Waals surface area contributed by atoms with Gasteiger partial charge in [0.25, 0.3) is 0 Å².